The van der Waals surface area contributed by atoms with Gasteiger partial charge < -0.3 is 9.84 Å². The second kappa shape index (κ2) is 6.95. The zero-order valence-electron chi connectivity index (χ0n) is 12.1. The van der Waals surface area contributed by atoms with Crippen LogP contribution in [0.25, 0.3) is 0 Å². The molecule has 0 aromatic heterocycles. The molecule has 1 aliphatic rings. The minimum atomic E-state index is -0.126. The van der Waals surface area contributed by atoms with Gasteiger partial charge in [0.25, 0.3) is 0 Å². The maximum Gasteiger partial charge on any atom is 0.118 e. The van der Waals surface area contributed by atoms with E-state index in [-0.39, 0.29) is 6.10 Å². The highest BCUT2D eigenvalue weighted by Gasteiger charge is 2.28. The van der Waals surface area contributed by atoms with Crippen LogP contribution in [0.3, 0.4) is 0 Å². The lowest BCUT2D eigenvalue weighted by atomic mass is 9.93. The zero-order chi connectivity index (χ0) is 13.7. The zero-order valence-corrected chi connectivity index (χ0v) is 12.1. The summed E-state index contributed by atoms with van der Waals surface area (Å²) in [6.45, 7) is 2.26. The quantitative estimate of drug-likeness (QED) is 0.844. The van der Waals surface area contributed by atoms with Crippen LogP contribution in [0.4, 0.5) is 0 Å². The van der Waals surface area contributed by atoms with Crippen molar-refractivity contribution in [2.24, 2.45) is 11.8 Å². The average molecular weight is 262 g/mol. The number of aliphatic hydroxyl groups excluding tert-OH is 1. The first-order valence-corrected chi connectivity index (χ1v) is 7.54. The molecule has 1 aromatic rings. The van der Waals surface area contributed by atoms with Crippen LogP contribution in [0.15, 0.2) is 24.3 Å². The maximum absolute atomic E-state index is 10.3. The summed E-state index contributed by atoms with van der Waals surface area (Å²) < 4.78 is 5.15. The Hall–Kier alpha value is -1.02. The van der Waals surface area contributed by atoms with Crippen LogP contribution in [-0.2, 0) is 6.42 Å². The highest BCUT2D eigenvalue weighted by molar-refractivity contribution is 5.27. The van der Waals surface area contributed by atoms with Crippen molar-refractivity contribution in [3.05, 3.63) is 29.8 Å². The molecular weight excluding hydrogens is 236 g/mol. The van der Waals surface area contributed by atoms with Crippen molar-refractivity contribution in [1.29, 1.82) is 0 Å². The number of methoxy groups -OCH3 is 1. The lowest BCUT2D eigenvalue weighted by Crippen LogP contribution is -2.18. The van der Waals surface area contributed by atoms with Gasteiger partial charge in [-0.05, 0) is 55.2 Å². The fourth-order valence-corrected chi connectivity index (χ4v) is 3.18. The van der Waals surface area contributed by atoms with Crippen molar-refractivity contribution < 1.29 is 9.84 Å². The van der Waals surface area contributed by atoms with Gasteiger partial charge in [0.15, 0.2) is 0 Å². The molecule has 19 heavy (non-hydrogen) atoms. The number of rotatable bonds is 6. The van der Waals surface area contributed by atoms with Crippen LogP contribution >= 0.6 is 0 Å². The standard InChI is InChI=1S/C17H26O2/c1-3-13-4-8-15(12-13)17(18)11-7-14-5-9-16(19-2)10-6-14/h5-6,9-10,13,15,17-18H,3-4,7-8,11-12H2,1-2H3. The Morgan fingerprint density at radius 1 is 1.26 bits per heavy atom. The van der Waals surface area contributed by atoms with Crippen LogP contribution in [0.5, 0.6) is 5.75 Å². The Morgan fingerprint density at radius 2 is 2.00 bits per heavy atom. The Bertz CT molecular complexity index is 371. The summed E-state index contributed by atoms with van der Waals surface area (Å²) in [4.78, 5) is 0. The normalized spacial score (nSPS) is 24.4. The molecule has 0 aliphatic heterocycles. The molecule has 2 heteroatoms. The molecule has 0 amide bonds. The molecule has 1 aliphatic carbocycles. The molecule has 0 radical (unpaired) electrons. The predicted octanol–water partition coefficient (Wildman–Crippen LogP) is 3.82. The fraction of sp³-hybridized carbons (Fsp3) is 0.647. The number of hydrogen-bond donors (Lipinski definition) is 1. The smallest absolute Gasteiger partial charge is 0.118 e. The summed E-state index contributed by atoms with van der Waals surface area (Å²) in [7, 11) is 1.68. The summed E-state index contributed by atoms with van der Waals surface area (Å²) in [6, 6.07) is 8.17. The Balaban J connectivity index is 1.78. The van der Waals surface area contributed by atoms with Crippen molar-refractivity contribution in [3.63, 3.8) is 0 Å². The SMILES string of the molecule is CCC1CCC(C(O)CCc2ccc(OC)cc2)C1. The number of benzene rings is 1. The van der Waals surface area contributed by atoms with Gasteiger partial charge in [-0.3, -0.25) is 0 Å². The van der Waals surface area contributed by atoms with Crippen molar-refractivity contribution in [2.75, 3.05) is 7.11 Å². The predicted molar refractivity (Wildman–Crippen MR) is 78.4 cm³/mol. The molecule has 0 spiro atoms. The molecule has 1 aromatic carbocycles. The van der Waals surface area contributed by atoms with E-state index in [1.165, 1.54) is 31.2 Å². The van der Waals surface area contributed by atoms with Crippen molar-refractivity contribution >= 4 is 0 Å². The second-order valence-electron chi connectivity index (χ2n) is 5.80. The molecule has 3 unspecified atom stereocenters. The number of ether oxygens (including phenoxy) is 1. The molecule has 1 fully saturated rings. The van der Waals surface area contributed by atoms with E-state index in [2.05, 4.69) is 19.1 Å². The summed E-state index contributed by atoms with van der Waals surface area (Å²) >= 11 is 0. The minimum Gasteiger partial charge on any atom is -0.497 e. The lowest BCUT2D eigenvalue weighted by molar-refractivity contribution is 0.0998. The fourth-order valence-electron chi connectivity index (χ4n) is 3.18. The molecule has 0 saturated heterocycles. The Morgan fingerprint density at radius 3 is 2.58 bits per heavy atom. The monoisotopic (exact) mass is 262 g/mol. The van der Waals surface area contributed by atoms with E-state index in [0.717, 1.165) is 24.5 Å². The van der Waals surface area contributed by atoms with Crippen molar-refractivity contribution in [2.45, 2.75) is 51.6 Å². The van der Waals surface area contributed by atoms with Gasteiger partial charge in [-0.2, -0.15) is 0 Å². The maximum atomic E-state index is 10.3. The highest BCUT2D eigenvalue weighted by Crippen LogP contribution is 2.36. The van der Waals surface area contributed by atoms with E-state index < -0.39 is 0 Å². The van der Waals surface area contributed by atoms with Crippen molar-refractivity contribution in [1.82, 2.24) is 0 Å². The first-order valence-electron chi connectivity index (χ1n) is 7.54. The average Bonchev–Trinajstić information content (AvgIpc) is 2.94. The summed E-state index contributed by atoms with van der Waals surface area (Å²) in [5.74, 6) is 2.27. The van der Waals surface area contributed by atoms with Gasteiger partial charge in [-0.25, -0.2) is 0 Å². The summed E-state index contributed by atoms with van der Waals surface area (Å²) in [6.07, 6.45) is 6.72. The first kappa shape index (κ1) is 14.4. The van der Waals surface area contributed by atoms with E-state index in [9.17, 15) is 5.11 Å². The van der Waals surface area contributed by atoms with Crippen molar-refractivity contribution in [3.8, 4) is 5.75 Å². The lowest BCUT2D eigenvalue weighted by Gasteiger charge is -2.18. The summed E-state index contributed by atoms with van der Waals surface area (Å²) in [5.41, 5.74) is 1.28. The largest absolute Gasteiger partial charge is 0.497 e. The third-order valence-corrected chi connectivity index (χ3v) is 4.59. The molecule has 2 nitrogen and oxygen atoms in total. The van der Waals surface area contributed by atoms with E-state index in [4.69, 9.17) is 4.74 Å². The Kier molecular flexibility index (Phi) is 5.26. The van der Waals surface area contributed by atoms with Gasteiger partial charge in [-0.1, -0.05) is 31.9 Å². The van der Waals surface area contributed by atoms with E-state index in [1.54, 1.807) is 7.11 Å². The third-order valence-electron chi connectivity index (χ3n) is 4.59. The number of aliphatic hydroxyl groups is 1. The molecule has 0 bridgehead atoms. The first-order chi connectivity index (χ1) is 9.22. The topological polar surface area (TPSA) is 29.5 Å². The van der Waals surface area contributed by atoms with Crippen LogP contribution in [0.1, 0.15) is 44.6 Å². The van der Waals surface area contributed by atoms with Crippen LogP contribution < -0.4 is 4.74 Å². The highest BCUT2D eigenvalue weighted by atomic mass is 16.5. The number of aryl methyl sites for hydroxylation is 1. The molecule has 2 rings (SSSR count). The van der Waals surface area contributed by atoms with Gasteiger partial charge >= 0.3 is 0 Å². The molecule has 1 N–H and O–H groups in total. The van der Waals surface area contributed by atoms with Gasteiger partial charge in [0, 0.05) is 0 Å². The van der Waals surface area contributed by atoms with Crippen LogP contribution in [0.2, 0.25) is 0 Å². The van der Waals surface area contributed by atoms with Crippen LogP contribution in [-0.4, -0.2) is 18.3 Å². The van der Waals surface area contributed by atoms with Gasteiger partial charge in [-0.15, -0.1) is 0 Å². The Labute approximate surface area is 116 Å². The van der Waals surface area contributed by atoms with Gasteiger partial charge in [0.05, 0.1) is 13.2 Å². The molecular formula is C17H26O2. The van der Waals surface area contributed by atoms with Gasteiger partial charge in [0.2, 0.25) is 0 Å². The van der Waals surface area contributed by atoms with E-state index >= 15 is 0 Å². The third kappa shape index (κ3) is 3.97. The number of hydrogen-bond acceptors (Lipinski definition) is 2. The molecule has 0 heterocycles. The molecule has 106 valence electrons. The summed E-state index contributed by atoms with van der Waals surface area (Å²) in [5, 5.41) is 10.3. The van der Waals surface area contributed by atoms with Gasteiger partial charge in [0.1, 0.15) is 5.75 Å². The second-order valence-corrected chi connectivity index (χ2v) is 5.80. The van der Waals surface area contributed by atoms with E-state index in [0.29, 0.717) is 5.92 Å². The molecule has 1 saturated carbocycles. The van der Waals surface area contributed by atoms with E-state index in [1.807, 2.05) is 12.1 Å². The minimum absolute atomic E-state index is 0.126. The molecule has 3 atom stereocenters. The van der Waals surface area contributed by atoms with Crippen LogP contribution in [0, 0.1) is 11.8 Å².